The van der Waals surface area contributed by atoms with Crippen molar-refractivity contribution in [2.24, 2.45) is 0 Å². The van der Waals surface area contributed by atoms with Crippen LogP contribution in [0, 0.1) is 6.92 Å². The van der Waals surface area contributed by atoms with E-state index < -0.39 is 6.09 Å². The number of nitrogens with zero attached hydrogens (tertiary/aromatic N) is 2. The first-order chi connectivity index (χ1) is 12.5. The number of aromatic nitrogens is 1. The van der Waals surface area contributed by atoms with E-state index in [1.165, 1.54) is 11.1 Å². The molecule has 1 heterocycles. The van der Waals surface area contributed by atoms with E-state index in [9.17, 15) is 9.90 Å². The highest BCUT2D eigenvalue weighted by molar-refractivity contribution is 5.86. The number of nitrogens with two attached hydrogens (primary N) is 1. The molecule has 3 rings (SSSR count). The second-order valence-corrected chi connectivity index (χ2v) is 5.84. The molecule has 0 fully saturated rings. The highest BCUT2D eigenvalue weighted by Crippen LogP contribution is 2.30. The number of aryl methyl sites for hydroxylation is 1. The van der Waals surface area contributed by atoms with Gasteiger partial charge in [-0.2, -0.15) is 0 Å². The first-order valence-corrected chi connectivity index (χ1v) is 8.07. The van der Waals surface area contributed by atoms with Gasteiger partial charge in [-0.15, -0.1) is 0 Å². The van der Waals surface area contributed by atoms with E-state index in [1.807, 2.05) is 43.3 Å². The summed E-state index contributed by atoms with van der Waals surface area (Å²) >= 11 is 0. The topological polar surface area (TPSA) is 88.7 Å². The molecular formula is C20H19N3O3. The minimum absolute atomic E-state index is 0.249. The number of hydrogen-bond donors (Lipinski definition) is 2. The summed E-state index contributed by atoms with van der Waals surface area (Å²) < 4.78 is 5.80. The summed E-state index contributed by atoms with van der Waals surface area (Å²) in [6, 6.07) is 18.1. The van der Waals surface area contributed by atoms with Crippen molar-refractivity contribution in [2.75, 3.05) is 10.6 Å². The molecule has 2 aromatic carbocycles. The SMILES string of the molecule is Cc1ccc(N(Cc2ccccc2)C(=O)O)cc1Oc1ccc(N)cn1. The largest absolute Gasteiger partial charge is 0.465 e. The Labute approximate surface area is 151 Å². The highest BCUT2D eigenvalue weighted by Gasteiger charge is 2.17. The summed E-state index contributed by atoms with van der Waals surface area (Å²) in [5.74, 6) is 0.934. The number of anilines is 2. The fourth-order valence-corrected chi connectivity index (χ4v) is 2.47. The fraction of sp³-hybridized carbons (Fsp3) is 0.100. The van der Waals surface area contributed by atoms with Gasteiger partial charge in [0.1, 0.15) is 5.75 Å². The van der Waals surface area contributed by atoms with Gasteiger partial charge in [0, 0.05) is 12.1 Å². The molecule has 26 heavy (non-hydrogen) atoms. The zero-order valence-electron chi connectivity index (χ0n) is 14.3. The van der Waals surface area contributed by atoms with E-state index in [1.54, 1.807) is 24.3 Å². The molecule has 0 aliphatic carbocycles. The van der Waals surface area contributed by atoms with Crippen molar-refractivity contribution in [2.45, 2.75) is 13.5 Å². The first-order valence-electron chi connectivity index (χ1n) is 8.07. The van der Waals surface area contributed by atoms with Crippen LogP contribution in [0.2, 0.25) is 0 Å². The molecule has 0 aliphatic rings. The lowest BCUT2D eigenvalue weighted by Crippen LogP contribution is -2.28. The number of benzene rings is 2. The van der Waals surface area contributed by atoms with Crippen LogP contribution in [-0.4, -0.2) is 16.2 Å². The van der Waals surface area contributed by atoms with Crippen molar-refractivity contribution in [3.63, 3.8) is 0 Å². The molecule has 6 nitrogen and oxygen atoms in total. The lowest BCUT2D eigenvalue weighted by Gasteiger charge is -2.21. The third-order valence-corrected chi connectivity index (χ3v) is 3.87. The van der Waals surface area contributed by atoms with Crippen LogP contribution in [0.5, 0.6) is 11.6 Å². The minimum atomic E-state index is -1.03. The molecule has 3 aromatic rings. The smallest absolute Gasteiger partial charge is 0.412 e. The maximum absolute atomic E-state index is 11.8. The van der Waals surface area contributed by atoms with E-state index in [4.69, 9.17) is 10.5 Å². The summed E-state index contributed by atoms with van der Waals surface area (Å²) in [6.07, 6.45) is 0.474. The van der Waals surface area contributed by atoms with Gasteiger partial charge in [0.15, 0.2) is 0 Å². The molecule has 1 aromatic heterocycles. The number of nitrogen functional groups attached to an aromatic ring is 1. The van der Waals surface area contributed by atoms with E-state index in [-0.39, 0.29) is 6.54 Å². The maximum atomic E-state index is 11.8. The Hall–Kier alpha value is -3.54. The van der Waals surface area contributed by atoms with Crippen molar-refractivity contribution < 1.29 is 14.6 Å². The van der Waals surface area contributed by atoms with E-state index in [0.717, 1.165) is 11.1 Å². The molecule has 0 bridgehead atoms. The number of hydrogen-bond acceptors (Lipinski definition) is 4. The summed E-state index contributed by atoms with van der Waals surface area (Å²) in [6.45, 7) is 2.14. The molecule has 0 atom stereocenters. The molecule has 0 unspecified atom stereocenters. The quantitative estimate of drug-likeness (QED) is 0.710. The van der Waals surface area contributed by atoms with Gasteiger partial charge in [0.2, 0.25) is 5.88 Å². The number of pyridine rings is 1. The zero-order chi connectivity index (χ0) is 18.5. The third kappa shape index (κ3) is 4.10. The number of carboxylic acid groups (broad SMARTS) is 1. The average molecular weight is 349 g/mol. The Balaban J connectivity index is 1.88. The van der Waals surface area contributed by atoms with Crippen LogP contribution in [-0.2, 0) is 6.54 Å². The number of rotatable bonds is 5. The molecule has 0 saturated heterocycles. The molecule has 3 N–H and O–H groups in total. The van der Waals surface area contributed by atoms with Crippen molar-refractivity contribution in [3.8, 4) is 11.6 Å². The summed E-state index contributed by atoms with van der Waals surface area (Å²) in [5.41, 5.74) is 8.47. The van der Waals surface area contributed by atoms with Gasteiger partial charge < -0.3 is 15.6 Å². The Bertz CT molecular complexity index is 896. The van der Waals surface area contributed by atoms with E-state index in [2.05, 4.69) is 4.98 Å². The maximum Gasteiger partial charge on any atom is 0.412 e. The number of ether oxygens (including phenoxy) is 1. The molecular weight excluding hydrogens is 330 g/mol. The second kappa shape index (κ2) is 7.57. The second-order valence-electron chi connectivity index (χ2n) is 5.84. The Morgan fingerprint density at radius 2 is 1.92 bits per heavy atom. The summed E-state index contributed by atoms with van der Waals surface area (Å²) in [5, 5.41) is 9.63. The van der Waals surface area contributed by atoms with E-state index >= 15 is 0 Å². The Kier molecular flexibility index (Phi) is 5.03. The van der Waals surface area contributed by atoms with Gasteiger partial charge >= 0.3 is 6.09 Å². The Morgan fingerprint density at radius 1 is 1.15 bits per heavy atom. The number of amides is 1. The van der Waals surface area contributed by atoms with Crippen molar-refractivity contribution >= 4 is 17.5 Å². The molecule has 6 heteroatoms. The summed E-state index contributed by atoms with van der Waals surface area (Å²) in [7, 11) is 0. The molecule has 0 saturated carbocycles. The van der Waals surface area contributed by atoms with Crippen molar-refractivity contribution in [3.05, 3.63) is 78.0 Å². The highest BCUT2D eigenvalue weighted by atomic mass is 16.5. The standard InChI is InChI=1S/C20H19N3O3/c1-14-7-9-17(11-18(14)26-19-10-8-16(21)12-22-19)23(20(24)25)13-15-5-3-2-4-6-15/h2-12H,13,21H2,1H3,(H,24,25). The van der Waals surface area contributed by atoms with Crippen LogP contribution in [0.4, 0.5) is 16.2 Å². The van der Waals surface area contributed by atoms with Crippen molar-refractivity contribution in [1.82, 2.24) is 4.98 Å². The van der Waals surface area contributed by atoms with Gasteiger partial charge in [-0.1, -0.05) is 36.4 Å². The molecule has 1 amide bonds. The van der Waals surface area contributed by atoms with Crippen LogP contribution < -0.4 is 15.4 Å². The van der Waals surface area contributed by atoms with Crippen LogP contribution in [0.1, 0.15) is 11.1 Å². The van der Waals surface area contributed by atoms with Crippen LogP contribution in [0.15, 0.2) is 66.9 Å². The zero-order valence-corrected chi connectivity index (χ0v) is 14.3. The van der Waals surface area contributed by atoms with Gasteiger partial charge in [-0.05, 0) is 30.2 Å². The van der Waals surface area contributed by atoms with Crippen molar-refractivity contribution in [1.29, 1.82) is 0 Å². The lowest BCUT2D eigenvalue weighted by atomic mass is 10.1. The normalized spacial score (nSPS) is 10.3. The summed E-state index contributed by atoms with van der Waals surface area (Å²) in [4.78, 5) is 17.1. The van der Waals surface area contributed by atoms with Gasteiger partial charge in [0.05, 0.1) is 24.1 Å². The molecule has 0 radical (unpaired) electrons. The predicted molar refractivity (Wildman–Crippen MR) is 101 cm³/mol. The van der Waals surface area contributed by atoms with Crippen LogP contribution in [0.25, 0.3) is 0 Å². The Morgan fingerprint density at radius 3 is 2.58 bits per heavy atom. The minimum Gasteiger partial charge on any atom is -0.465 e. The lowest BCUT2D eigenvalue weighted by molar-refractivity contribution is 0.201. The fourth-order valence-electron chi connectivity index (χ4n) is 2.47. The predicted octanol–water partition coefficient (Wildman–Crippen LogP) is 4.45. The van der Waals surface area contributed by atoms with Crippen LogP contribution >= 0.6 is 0 Å². The van der Waals surface area contributed by atoms with E-state index in [0.29, 0.717) is 23.0 Å². The number of carbonyl (C=O) groups is 1. The van der Waals surface area contributed by atoms with Crippen LogP contribution in [0.3, 0.4) is 0 Å². The average Bonchev–Trinajstić information content (AvgIpc) is 2.64. The first kappa shape index (κ1) is 17.3. The monoisotopic (exact) mass is 349 g/mol. The third-order valence-electron chi connectivity index (χ3n) is 3.87. The van der Waals surface area contributed by atoms with Gasteiger partial charge in [0.25, 0.3) is 0 Å². The van der Waals surface area contributed by atoms with Gasteiger partial charge in [-0.25, -0.2) is 9.78 Å². The molecule has 0 aliphatic heterocycles. The molecule has 0 spiro atoms. The van der Waals surface area contributed by atoms with Gasteiger partial charge in [-0.3, -0.25) is 4.90 Å². The molecule has 132 valence electrons.